The molecule has 112 valence electrons. The van der Waals surface area contributed by atoms with Gasteiger partial charge >= 0.3 is 0 Å². The number of morpholine rings is 1. The molecule has 1 aromatic carbocycles. The summed E-state index contributed by atoms with van der Waals surface area (Å²) in [4.78, 5) is 0. The van der Waals surface area contributed by atoms with E-state index in [2.05, 4.69) is 35.5 Å². The molecule has 2 atom stereocenters. The number of benzene rings is 1. The Morgan fingerprint density at radius 1 is 1.38 bits per heavy atom. The third kappa shape index (κ3) is 3.46. The van der Waals surface area contributed by atoms with E-state index < -0.39 is 0 Å². The Labute approximate surface area is 130 Å². The van der Waals surface area contributed by atoms with Gasteiger partial charge in [-0.1, -0.05) is 23.7 Å². The SMILES string of the molecule is Cc1cc([C@H]2CN[C@@H](Cc3ccc(Cl)cc3)CO2)nn1C. The lowest BCUT2D eigenvalue weighted by atomic mass is 10.0. The van der Waals surface area contributed by atoms with Gasteiger partial charge in [-0.15, -0.1) is 0 Å². The van der Waals surface area contributed by atoms with Crippen molar-refractivity contribution in [3.8, 4) is 0 Å². The van der Waals surface area contributed by atoms with Gasteiger partial charge in [-0.25, -0.2) is 0 Å². The number of nitrogens with one attached hydrogen (secondary N) is 1. The number of hydrogen-bond acceptors (Lipinski definition) is 3. The molecule has 1 aliphatic heterocycles. The van der Waals surface area contributed by atoms with Gasteiger partial charge in [0.15, 0.2) is 0 Å². The average Bonchev–Trinajstić information content (AvgIpc) is 2.82. The smallest absolute Gasteiger partial charge is 0.114 e. The van der Waals surface area contributed by atoms with Crippen LogP contribution in [-0.4, -0.2) is 29.0 Å². The quantitative estimate of drug-likeness (QED) is 0.947. The molecule has 0 unspecified atom stereocenters. The first-order valence-electron chi connectivity index (χ1n) is 7.22. The molecule has 21 heavy (non-hydrogen) atoms. The van der Waals surface area contributed by atoms with Gasteiger partial charge in [-0.05, 0) is 37.1 Å². The van der Waals surface area contributed by atoms with E-state index in [9.17, 15) is 0 Å². The highest BCUT2D eigenvalue weighted by Crippen LogP contribution is 2.21. The molecule has 2 heterocycles. The van der Waals surface area contributed by atoms with Crippen LogP contribution in [0.1, 0.15) is 23.1 Å². The molecule has 0 spiro atoms. The molecular formula is C16H20ClN3O. The molecule has 0 saturated carbocycles. The fourth-order valence-electron chi connectivity index (χ4n) is 2.60. The summed E-state index contributed by atoms with van der Waals surface area (Å²) in [6, 6.07) is 10.4. The van der Waals surface area contributed by atoms with Crippen LogP contribution in [0.25, 0.3) is 0 Å². The molecule has 2 aromatic rings. The summed E-state index contributed by atoms with van der Waals surface area (Å²) in [7, 11) is 1.96. The fraction of sp³-hybridized carbons (Fsp3) is 0.438. The Morgan fingerprint density at radius 2 is 2.14 bits per heavy atom. The Morgan fingerprint density at radius 3 is 2.71 bits per heavy atom. The van der Waals surface area contributed by atoms with Gasteiger partial charge in [0.25, 0.3) is 0 Å². The Bertz CT molecular complexity index is 581. The standard InChI is InChI=1S/C16H20ClN3O/c1-11-7-15(19-20(11)2)16-9-18-14(10-21-16)8-12-3-5-13(17)6-4-12/h3-7,14,16,18H,8-10H2,1-2H3/t14-,16+/m0/s1. The van der Waals surface area contributed by atoms with Crippen molar-refractivity contribution in [2.75, 3.05) is 13.2 Å². The fourth-order valence-corrected chi connectivity index (χ4v) is 2.72. The highest BCUT2D eigenvalue weighted by molar-refractivity contribution is 6.30. The Kier molecular flexibility index (Phi) is 4.29. The van der Waals surface area contributed by atoms with Crippen LogP contribution >= 0.6 is 11.6 Å². The van der Waals surface area contributed by atoms with Crippen molar-refractivity contribution >= 4 is 11.6 Å². The summed E-state index contributed by atoms with van der Waals surface area (Å²) in [5.41, 5.74) is 3.43. The molecule has 4 nitrogen and oxygen atoms in total. The molecule has 3 rings (SSSR count). The summed E-state index contributed by atoms with van der Waals surface area (Å²) in [6.45, 7) is 3.55. The lowest BCUT2D eigenvalue weighted by Gasteiger charge is -2.29. The predicted molar refractivity (Wildman–Crippen MR) is 83.6 cm³/mol. The molecule has 1 aromatic heterocycles. The number of halogens is 1. The lowest BCUT2D eigenvalue weighted by Crippen LogP contribution is -2.44. The molecule has 5 heteroatoms. The largest absolute Gasteiger partial charge is 0.369 e. The van der Waals surface area contributed by atoms with E-state index in [-0.39, 0.29) is 6.10 Å². The van der Waals surface area contributed by atoms with E-state index in [1.54, 1.807) is 0 Å². The van der Waals surface area contributed by atoms with E-state index >= 15 is 0 Å². The number of rotatable bonds is 3. The maximum atomic E-state index is 5.98. The number of ether oxygens (including phenoxy) is 1. The summed E-state index contributed by atoms with van der Waals surface area (Å²) < 4.78 is 7.86. The first-order chi connectivity index (χ1) is 10.1. The molecule has 0 aliphatic carbocycles. The third-order valence-electron chi connectivity index (χ3n) is 3.95. The molecular weight excluding hydrogens is 286 g/mol. The highest BCUT2D eigenvalue weighted by atomic mass is 35.5. The van der Waals surface area contributed by atoms with Gasteiger partial charge in [0.2, 0.25) is 0 Å². The van der Waals surface area contributed by atoms with Crippen LogP contribution < -0.4 is 5.32 Å². The third-order valence-corrected chi connectivity index (χ3v) is 4.20. The maximum Gasteiger partial charge on any atom is 0.114 e. The van der Waals surface area contributed by atoms with Gasteiger partial charge in [-0.3, -0.25) is 4.68 Å². The molecule has 0 radical (unpaired) electrons. The maximum absolute atomic E-state index is 5.98. The molecule has 1 saturated heterocycles. The minimum Gasteiger partial charge on any atom is -0.369 e. The summed E-state index contributed by atoms with van der Waals surface area (Å²) in [5.74, 6) is 0. The van der Waals surface area contributed by atoms with Crippen molar-refractivity contribution in [2.45, 2.75) is 25.5 Å². The first kappa shape index (κ1) is 14.6. The number of hydrogen-bond donors (Lipinski definition) is 1. The first-order valence-corrected chi connectivity index (χ1v) is 7.59. The van der Waals surface area contributed by atoms with Crippen LogP contribution in [-0.2, 0) is 18.2 Å². The topological polar surface area (TPSA) is 39.1 Å². The van der Waals surface area contributed by atoms with Crippen LogP contribution in [0.4, 0.5) is 0 Å². The van der Waals surface area contributed by atoms with Crippen molar-refractivity contribution in [3.05, 3.63) is 52.3 Å². The number of aromatic nitrogens is 2. The Hall–Kier alpha value is -1.36. The van der Waals surface area contributed by atoms with Gasteiger partial charge in [0.05, 0.1) is 12.3 Å². The van der Waals surface area contributed by atoms with E-state index in [0.717, 1.165) is 29.4 Å². The van der Waals surface area contributed by atoms with Crippen LogP contribution in [0.3, 0.4) is 0 Å². The summed E-state index contributed by atoms with van der Waals surface area (Å²) in [6.07, 6.45) is 0.997. The summed E-state index contributed by atoms with van der Waals surface area (Å²) >= 11 is 5.91. The molecule has 1 fully saturated rings. The normalized spacial score (nSPS) is 22.4. The monoisotopic (exact) mass is 305 g/mol. The van der Waals surface area contributed by atoms with Crippen LogP contribution in [0, 0.1) is 6.92 Å². The second-order valence-electron chi connectivity index (χ2n) is 5.59. The second kappa shape index (κ2) is 6.18. The Balaban J connectivity index is 1.56. The van der Waals surface area contributed by atoms with Crippen molar-refractivity contribution in [3.63, 3.8) is 0 Å². The zero-order valence-corrected chi connectivity index (χ0v) is 13.1. The number of aryl methyl sites for hydroxylation is 2. The van der Waals surface area contributed by atoms with Gasteiger partial charge < -0.3 is 10.1 Å². The van der Waals surface area contributed by atoms with E-state index in [0.29, 0.717) is 12.6 Å². The van der Waals surface area contributed by atoms with Crippen molar-refractivity contribution < 1.29 is 4.74 Å². The molecule has 1 N–H and O–H groups in total. The van der Waals surface area contributed by atoms with E-state index in [4.69, 9.17) is 16.3 Å². The van der Waals surface area contributed by atoms with Gasteiger partial charge in [-0.2, -0.15) is 5.10 Å². The number of nitrogens with zero attached hydrogens (tertiary/aromatic N) is 2. The lowest BCUT2D eigenvalue weighted by molar-refractivity contribution is 0.000437. The van der Waals surface area contributed by atoms with Gasteiger partial charge in [0.1, 0.15) is 6.10 Å². The molecule has 1 aliphatic rings. The predicted octanol–water partition coefficient (Wildman–Crippen LogP) is 2.65. The van der Waals surface area contributed by atoms with Gasteiger partial charge in [0, 0.05) is 30.4 Å². The van der Waals surface area contributed by atoms with Crippen molar-refractivity contribution in [2.24, 2.45) is 7.05 Å². The van der Waals surface area contributed by atoms with Crippen molar-refractivity contribution in [1.82, 2.24) is 15.1 Å². The molecule has 0 amide bonds. The molecule has 0 bridgehead atoms. The summed E-state index contributed by atoms with van der Waals surface area (Å²) in [5, 5.41) is 8.82. The van der Waals surface area contributed by atoms with Crippen LogP contribution in [0.5, 0.6) is 0 Å². The van der Waals surface area contributed by atoms with Crippen molar-refractivity contribution in [1.29, 1.82) is 0 Å². The van der Waals surface area contributed by atoms with Crippen LogP contribution in [0.2, 0.25) is 5.02 Å². The zero-order chi connectivity index (χ0) is 14.8. The minimum absolute atomic E-state index is 0.0476. The van der Waals surface area contributed by atoms with Crippen LogP contribution in [0.15, 0.2) is 30.3 Å². The highest BCUT2D eigenvalue weighted by Gasteiger charge is 2.24. The van der Waals surface area contributed by atoms with E-state index in [1.807, 2.05) is 23.9 Å². The minimum atomic E-state index is 0.0476. The van der Waals surface area contributed by atoms with E-state index in [1.165, 1.54) is 5.56 Å². The second-order valence-corrected chi connectivity index (χ2v) is 6.03. The zero-order valence-electron chi connectivity index (χ0n) is 12.3. The average molecular weight is 306 g/mol.